The van der Waals surface area contributed by atoms with E-state index >= 15 is 0 Å². The van der Waals surface area contributed by atoms with Crippen LogP contribution in [0.4, 0.5) is 5.69 Å². The van der Waals surface area contributed by atoms with E-state index in [4.69, 9.17) is 10.5 Å². The van der Waals surface area contributed by atoms with Crippen LogP contribution in [0.3, 0.4) is 0 Å². The Hall–Kier alpha value is -2.24. The molecule has 0 aliphatic carbocycles. The first kappa shape index (κ1) is 15.8. The molecular weight excluding hydrogens is 258 g/mol. The maximum atomic E-state index is 11.9. The van der Waals surface area contributed by atoms with Crippen LogP contribution in [0, 0.1) is 0 Å². The normalized spacial score (nSPS) is 9.90. The van der Waals surface area contributed by atoms with Gasteiger partial charge in [0.25, 0.3) is 0 Å². The van der Waals surface area contributed by atoms with E-state index in [2.05, 4.69) is 5.32 Å². The Kier molecular flexibility index (Phi) is 6.36. The molecule has 0 bridgehead atoms. The predicted octanol–water partition coefficient (Wildman–Crippen LogP) is 0.632. The number of nitrogens with one attached hydrogen (secondary N) is 1. The van der Waals surface area contributed by atoms with Crippen molar-refractivity contribution in [1.82, 2.24) is 10.2 Å². The van der Waals surface area contributed by atoms with E-state index in [1.54, 1.807) is 31.3 Å². The van der Waals surface area contributed by atoms with E-state index in [0.29, 0.717) is 18.0 Å². The van der Waals surface area contributed by atoms with Crippen LogP contribution in [0.1, 0.15) is 13.3 Å². The van der Waals surface area contributed by atoms with Crippen molar-refractivity contribution in [3.05, 3.63) is 24.3 Å². The van der Waals surface area contributed by atoms with Gasteiger partial charge in [-0.3, -0.25) is 9.59 Å². The molecule has 0 aromatic heterocycles. The van der Waals surface area contributed by atoms with Crippen molar-refractivity contribution in [2.75, 3.05) is 32.5 Å². The van der Waals surface area contributed by atoms with Crippen molar-refractivity contribution in [2.45, 2.75) is 13.3 Å². The highest BCUT2D eigenvalue weighted by Gasteiger charge is 2.14. The molecule has 1 aromatic carbocycles. The highest BCUT2D eigenvalue weighted by Crippen LogP contribution is 2.14. The number of amides is 2. The Balaban J connectivity index is 2.39. The Morgan fingerprint density at radius 3 is 2.75 bits per heavy atom. The smallest absolute Gasteiger partial charge is 0.239 e. The molecule has 0 aliphatic heterocycles. The third-order valence-electron chi connectivity index (χ3n) is 2.79. The fraction of sp³-hybridized carbons (Fsp3) is 0.429. The number of nitrogen functional groups attached to an aromatic ring is 1. The van der Waals surface area contributed by atoms with Crippen molar-refractivity contribution < 1.29 is 14.3 Å². The first-order valence-electron chi connectivity index (χ1n) is 6.53. The SMILES string of the molecule is CCN(CC(=O)NC)C(=O)CCOc1cccc(N)c1. The van der Waals surface area contributed by atoms with Crippen molar-refractivity contribution in [2.24, 2.45) is 0 Å². The van der Waals surface area contributed by atoms with E-state index in [0.717, 1.165) is 0 Å². The summed E-state index contributed by atoms with van der Waals surface area (Å²) in [4.78, 5) is 24.7. The number of benzene rings is 1. The Morgan fingerprint density at radius 2 is 2.15 bits per heavy atom. The lowest BCUT2D eigenvalue weighted by Crippen LogP contribution is -2.39. The molecule has 0 saturated carbocycles. The molecule has 0 fully saturated rings. The van der Waals surface area contributed by atoms with Crippen LogP contribution in [-0.2, 0) is 9.59 Å². The number of nitrogens with two attached hydrogens (primary N) is 1. The standard InChI is InChI=1S/C14H21N3O3/c1-3-17(10-13(18)16-2)14(19)7-8-20-12-6-4-5-11(15)9-12/h4-6,9H,3,7-8,10,15H2,1-2H3,(H,16,18). The van der Waals surface area contributed by atoms with Gasteiger partial charge in [0.1, 0.15) is 5.75 Å². The minimum absolute atomic E-state index is 0.0735. The maximum Gasteiger partial charge on any atom is 0.239 e. The van der Waals surface area contributed by atoms with Crippen molar-refractivity contribution in [3.63, 3.8) is 0 Å². The summed E-state index contributed by atoms with van der Waals surface area (Å²) in [6.07, 6.45) is 0.222. The van der Waals surface area contributed by atoms with Gasteiger partial charge in [-0.1, -0.05) is 6.07 Å². The number of carbonyl (C=O) groups is 2. The summed E-state index contributed by atoms with van der Waals surface area (Å²) in [7, 11) is 1.55. The minimum atomic E-state index is -0.183. The molecule has 6 nitrogen and oxygen atoms in total. The van der Waals surface area contributed by atoms with Gasteiger partial charge in [-0.2, -0.15) is 0 Å². The molecule has 6 heteroatoms. The molecule has 2 amide bonds. The minimum Gasteiger partial charge on any atom is -0.493 e. The lowest BCUT2D eigenvalue weighted by Gasteiger charge is -2.19. The molecule has 0 unspecified atom stereocenters. The van der Waals surface area contributed by atoms with Crippen LogP contribution in [0.15, 0.2) is 24.3 Å². The number of nitrogens with zero attached hydrogens (tertiary/aromatic N) is 1. The predicted molar refractivity (Wildman–Crippen MR) is 77.3 cm³/mol. The van der Waals surface area contributed by atoms with Gasteiger partial charge >= 0.3 is 0 Å². The topological polar surface area (TPSA) is 84.7 Å². The van der Waals surface area contributed by atoms with E-state index in [-0.39, 0.29) is 31.4 Å². The third kappa shape index (κ3) is 5.17. The van der Waals surface area contributed by atoms with Gasteiger partial charge in [-0.05, 0) is 19.1 Å². The number of anilines is 1. The second kappa shape index (κ2) is 8.04. The first-order chi connectivity index (χ1) is 9.56. The number of hydrogen-bond donors (Lipinski definition) is 2. The molecule has 110 valence electrons. The molecule has 0 spiro atoms. The van der Waals surface area contributed by atoms with Crippen LogP contribution in [0.5, 0.6) is 5.75 Å². The zero-order chi connectivity index (χ0) is 15.0. The molecule has 0 atom stereocenters. The van der Waals surface area contributed by atoms with Crippen molar-refractivity contribution in [1.29, 1.82) is 0 Å². The summed E-state index contributed by atoms with van der Waals surface area (Å²) in [5.41, 5.74) is 6.24. The van der Waals surface area contributed by atoms with E-state index in [1.165, 1.54) is 4.90 Å². The lowest BCUT2D eigenvalue weighted by atomic mass is 10.3. The fourth-order valence-corrected chi connectivity index (χ4v) is 1.65. The lowest BCUT2D eigenvalue weighted by molar-refractivity contribution is -0.136. The maximum absolute atomic E-state index is 11.9. The second-order valence-electron chi connectivity index (χ2n) is 4.25. The largest absolute Gasteiger partial charge is 0.493 e. The van der Waals surface area contributed by atoms with Gasteiger partial charge < -0.3 is 20.7 Å². The van der Waals surface area contributed by atoms with Crippen LogP contribution >= 0.6 is 0 Å². The highest BCUT2D eigenvalue weighted by molar-refractivity contribution is 5.84. The second-order valence-corrected chi connectivity index (χ2v) is 4.25. The summed E-state index contributed by atoms with van der Waals surface area (Å²) in [5.74, 6) is 0.337. The molecule has 20 heavy (non-hydrogen) atoms. The number of ether oxygens (including phenoxy) is 1. The summed E-state index contributed by atoms with van der Waals surface area (Å²) < 4.78 is 5.46. The summed E-state index contributed by atoms with van der Waals surface area (Å²) in [6, 6.07) is 7.03. The van der Waals surface area contributed by atoms with Crippen molar-refractivity contribution in [3.8, 4) is 5.75 Å². The van der Waals surface area contributed by atoms with Gasteiger partial charge in [0.2, 0.25) is 11.8 Å². The van der Waals surface area contributed by atoms with Crippen LogP contribution < -0.4 is 15.8 Å². The number of likely N-dealkylation sites (N-methyl/N-ethyl adjacent to an activating group) is 2. The molecular formula is C14H21N3O3. The number of hydrogen-bond acceptors (Lipinski definition) is 4. The Labute approximate surface area is 118 Å². The molecule has 0 heterocycles. The fourth-order valence-electron chi connectivity index (χ4n) is 1.65. The van der Waals surface area contributed by atoms with Gasteiger partial charge in [0.15, 0.2) is 0 Å². The van der Waals surface area contributed by atoms with Crippen LogP contribution in [0.2, 0.25) is 0 Å². The highest BCUT2D eigenvalue weighted by atomic mass is 16.5. The molecule has 0 saturated heterocycles. The van der Waals surface area contributed by atoms with Crippen molar-refractivity contribution >= 4 is 17.5 Å². The van der Waals surface area contributed by atoms with Gasteiger partial charge in [0, 0.05) is 25.3 Å². The van der Waals surface area contributed by atoms with Crippen LogP contribution in [-0.4, -0.2) is 43.5 Å². The monoisotopic (exact) mass is 279 g/mol. The average molecular weight is 279 g/mol. The average Bonchev–Trinajstić information content (AvgIpc) is 2.44. The Morgan fingerprint density at radius 1 is 1.40 bits per heavy atom. The van der Waals surface area contributed by atoms with E-state index in [9.17, 15) is 9.59 Å². The Bertz CT molecular complexity index is 463. The molecule has 0 aliphatic rings. The quantitative estimate of drug-likeness (QED) is 0.717. The molecule has 1 aromatic rings. The number of carbonyl (C=O) groups excluding carboxylic acids is 2. The van der Waals surface area contributed by atoms with Gasteiger partial charge in [-0.25, -0.2) is 0 Å². The summed E-state index contributed by atoms with van der Waals surface area (Å²) in [6.45, 7) is 2.65. The van der Waals surface area contributed by atoms with E-state index in [1.807, 2.05) is 6.92 Å². The molecule has 1 rings (SSSR count). The zero-order valence-corrected chi connectivity index (χ0v) is 11.9. The molecule has 0 radical (unpaired) electrons. The zero-order valence-electron chi connectivity index (χ0n) is 11.9. The van der Waals surface area contributed by atoms with Crippen LogP contribution in [0.25, 0.3) is 0 Å². The first-order valence-corrected chi connectivity index (χ1v) is 6.53. The number of rotatable bonds is 7. The third-order valence-corrected chi connectivity index (χ3v) is 2.79. The van der Waals surface area contributed by atoms with E-state index < -0.39 is 0 Å². The molecule has 3 N–H and O–H groups in total. The summed E-state index contributed by atoms with van der Waals surface area (Å²) >= 11 is 0. The summed E-state index contributed by atoms with van der Waals surface area (Å²) in [5, 5.41) is 2.49. The van der Waals surface area contributed by atoms with Gasteiger partial charge in [0.05, 0.1) is 19.6 Å². The van der Waals surface area contributed by atoms with Gasteiger partial charge in [-0.15, -0.1) is 0 Å².